The monoisotopic (exact) mass is 419 g/mol. The number of ether oxygens (including phenoxy) is 2. The first-order valence-corrected chi connectivity index (χ1v) is 7.61. The molecule has 0 aromatic carbocycles. The van der Waals surface area contributed by atoms with Crippen molar-refractivity contribution < 1.29 is 27.4 Å². The second-order valence-electron chi connectivity index (χ2n) is 5.56. The van der Waals surface area contributed by atoms with Gasteiger partial charge in [-0.2, -0.15) is 13.2 Å². The van der Waals surface area contributed by atoms with Crippen molar-refractivity contribution >= 4 is 30.7 Å². The number of nitrogens with one attached hydrogen (secondary N) is 1. The number of aromatic nitrogens is 1. The molecule has 0 radical (unpaired) electrons. The van der Waals surface area contributed by atoms with Gasteiger partial charge >= 0.3 is 6.18 Å². The number of hydrogen-bond donors (Lipinski definition) is 2. The molecule has 1 fully saturated rings. The minimum Gasteiger partial charge on any atom is -0.468 e. The van der Waals surface area contributed by atoms with Gasteiger partial charge in [-0.15, -0.1) is 24.8 Å². The van der Waals surface area contributed by atoms with Crippen molar-refractivity contribution in [1.29, 1.82) is 0 Å². The van der Waals surface area contributed by atoms with E-state index in [0.717, 1.165) is 0 Å². The van der Waals surface area contributed by atoms with Crippen LogP contribution in [-0.2, 0) is 16.1 Å². The number of amides is 1. The van der Waals surface area contributed by atoms with Crippen LogP contribution in [0.3, 0.4) is 0 Å². The molecule has 0 saturated carbocycles. The number of halogens is 5. The van der Waals surface area contributed by atoms with Gasteiger partial charge in [0.1, 0.15) is 0 Å². The van der Waals surface area contributed by atoms with Crippen molar-refractivity contribution in [1.82, 2.24) is 10.3 Å². The van der Waals surface area contributed by atoms with Gasteiger partial charge in [-0.25, -0.2) is 4.98 Å². The maximum atomic E-state index is 12.2. The molecule has 1 atom stereocenters. The zero-order valence-corrected chi connectivity index (χ0v) is 15.5. The number of nitrogens with two attached hydrogens (primary N) is 1. The Morgan fingerprint density at radius 2 is 2.04 bits per heavy atom. The summed E-state index contributed by atoms with van der Waals surface area (Å²) >= 11 is 0. The summed E-state index contributed by atoms with van der Waals surface area (Å²) in [6.45, 7) is -0.295. The topological polar surface area (TPSA) is 86.5 Å². The van der Waals surface area contributed by atoms with E-state index in [1.54, 1.807) is 12.1 Å². The highest BCUT2D eigenvalue weighted by Gasteiger charge is 2.29. The van der Waals surface area contributed by atoms with E-state index in [9.17, 15) is 18.0 Å². The summed E-state index contributed by atoms with van der Waals surface area (Å²) in [5.74, 6) is -0.476. The number of alkyl halides is 3. The number of nitrogens with zero attached hydrogens (tertiary/aromatic N) is 1. The Kier molecular flexibility index (Phi) is 10.9. The molecule has 1 amide bonds. The second-order valence-corrected chi connectivity index (χ2v) is 5.56. The van der Waals surface area contributed by atoms with Gasteiger partial charge in [0.25, 0.3) is 0 Å². The van der Waals surface area contributed by atoms with E-state index in [0.29, 0.717) is 31.6 Å². The molecular weight excluding hydrogens is 398 g/mol. The molecule has 3 N–H and O–H groups in total. The van der Waals surface area contributed by atoms with E-state index < -0.39 is 18.8 Å². The van der Waals surface area contributed by atoms with Gasteiger partial charge in [-0.3, -0.25) is 4.79 Å². The summed E-state index contributed by atoms with van der Waals surface area (Å²) in [4.78, 5) is 15.9. The van der Waals surface area contributed by atoms with Gasteiger partial charge in [-0.05, 0) is 24.8 Å². The first-order chi connectivity index (χ1) is 11.4. The first kappa shape index (κ1) is 24.7. The van der Waals surface area contributed by atoms with Crippen molar-refractivity contribution in [3.63, 3.8) is 0 Å². The quantitative estimate of drug-likeness (QED) is 0.738. The molecule has 26 heavy (non-hydrogen) atoms. The van der Waals surface area contributed by atoms with Crippen LogP contribution >= 0.6 is 24.8 Å². The largest absolute Gasteiger partial charge is 0.468 e. The third-order valence-electron chi connectivity index (χ3n) is 3.75. The minimum absolute atomic E-state index is 0. The van der Waals surface area contributed by atoms with Gasteiger partial charge in [0.15, 0.2) is 6.61 Å². The number of pyridine rings is 1. The third kappa shape index (κ3) is 7.94. The van der Waals surface area contributed by atoms with Crippen LogP contribution in [0.1, 0.15) is 18.4 Å². The molecule has 2 heterocycles. The highest BCUT2D eigenvalue weighted by molar-refractivity contribution is 5.85. The van der Waals surface area contributed by atoms with Gasteiger partial charge in [0, 0.05) is 31.5 Å². The molecule has 1 aliphatic heterocycles. The minimum atomic E-state index is -4.45. The summed E-state index contributed by atoms with van der Waals surface area (Å²) in [5, 5.41) is 2.63. The predicted molar refractivity (Wildman–Crippen MR) is 93.6 cm³/mol. The molecule has 6 nitrogen and oxygen atoms in total. The molecule has 1 unspecified atom stereocenters. The normalized spacial score (nSPS) is 16.0. The Labute approximate surface area is 161 Å². The van der Waals surface area contributed by atoms with E-state index in [1.165, 1.54) is 6.20 Å². The van der Waals surface area contributed by atoms with Gasteiger partial charge in [0.2, 0.25) is 11.8 Å². The van der Waals surface area contributed by atoms with Crippen LogP contribution < -0.4 is 15.8 Å². The Hall–Kier alpha value is -1.29. The van der Waals surface area contributed by atoms with E-state index in [1.807, 2.05) is 0 Å². The van der Waals surface area contributed by atoms with Gasteiger partial charge in [-0.1, -0.05) is 6.07 Å². The van der Waals surface area contributed by atoms with Gasteiger partial charge < -0.3 is 20.5 Å². The van der Waals surface area contributed by atoms with Crippen molar-refractivity contribution in [3.8, 4) is 5.88 Å². The number of carbonyl (C=O) groups is 1. The lowest BCUT2D eigenvalue weighted by Crippen LogP contribution is -2.46. The average molecular weight is 420 g/mol. The molecule has 1 saturated heterocycles. The SMILES string of the molecule is Cl.Cl.NC(C(=O)NCc1cccnc1OCC(F)(F)F)C1CCOCC1. The lowest BCUT2D eigenvalue weighted by molar-refractivity contribution is -0.154. The lowest BCUT2D eigenvalue weighted by atomic mass is 9.92. The van der Waals surface area contributed by atoms with Crippen LogP contribution in [-0.4, -0.2) is 42.9 Å². The van der Waals surface area contributed by atoms with E-state index in [4.69, 9.17) is 10.5 Å². The Morgan fingerprint density at radius 3 is 2.65 bits per heavy atom. The van der Waals surface area contributed by atoms with Crippen molar-refractivity contribution in [2.75, 3.05) is 19.8 Å². The lowest BCUT2D eigenvalue weighted by Gasteiger charge is -2.26. The standard InChI is InChI=1S/C15H20F3N3O3.2ClH/c16-15(17,18)9-24-14-11(2-1-5-20-14)8-21-13(22)12(19)10-3-6-23-7-4-10;;/h1-2,5,10,12H,3-4,6-9,19H2,(H,21,22);2*1H. The summed E-state index contributed by atoms with van der Waals surface area (Å²) in [6, 6.07) is 2.42. The predicted octanol–water partition coefficient (Wildman–Crippen LogP) is 2.24. The molecule has 0 bridgehead atoms. The van der Waals surface area contributed by atoms with Crippen molar-refractivity contribution in [2.24, 2.45) is 11.7 Å². The van der Waals surface area contributed by atoms with E-state index in [-0.39, 0.29) is 49.1 Å². The molecule has 1 aliphatic rings. The smallest absolute Gasteiger partial charge is 0.422 e. The second kappa shape index (κ2) is 11.4. The molecule has 1 aromatic rings. The molecule has 150 valence electrons. The highest BCUT2D eigenvalue weighted by atomic mass is 35.5. The molecule has 0 aliphatic carbocycles. The van der Waals surface area contributed by atoms with Crippen LogP contribution in [0.2, 0.25) is 0 Å². The Morgan fingerprint density at radius 1 is 1.38 bits per heavy atom. The third-order valence-corrected chi connectivity index (χ3v) is 3.75. The maximum absolute atomic E-state index is 12.2. The first-order valence-electron chi connectivity index (χ1n) is 7.61. The fourth-order valence-electron chi connectivity index (χ4n) is 2.43. The summed E-state index contributed by atoms with van der Waals surface area (Å²) < 4.78 is 46.6. The Balaban J connectivity index is 0.00000312. The van der Waals surface area contributed by atoms with Crippen LogP contribution in [0.25, 0.3) is 0 Å². The molecule has 1 aromatic heterocycles. The fourth-order valence-corrected chi connectivity index (χ4v) is 2.43. The summed E-state index contributed by atoms with van der Waals surface area (Å²) in [6.07, 6.45) is -1.71. The summed E-state index contributed by atoms with van der Waals surface area (Å²) in [7, 11) is 0. The van der Waals surface area contributed by atoms with Crippen LogP contribution in [0, 0.1) is 5.92 Å². The zero-order chi connectivity index (χ0) is 17.6. The molecule has 0 spiro atoms. The number of carbonyl (C=O) groups excluding carboxylic acids is 1. The molecule has 11 heteroatoms. The van der Waals surface area contributed by atoms with E-state index >= 15 is 0 Å². The Bertz CT molecular complexity index is 558. The molecule has 2 rings (SSSR count). The van der Waals surface area contributed by atoms with Crippen molar-refractivity contribution in [3.05, 3.63) is 23.9 Å². The average Bonchev–Trinajstić information content (AvgIpc) is 2.58. The fraction of sp³-hybridized carbons (Fsp3) is 0.600. The van der Waals surface area contributed by atoms with E-state index in [2.05, 4.69) is 15.0 Å². The van der Waals surface area contributed by atoms with Crippen LogP contribution in [0.15, 0.2) is 18.3 Å². The number of rotatable bonds is 6. The number of hydrogen-bond acceptors (Lipinski definition) is 5. The van der Waals surface area contributed by atoms with Gasteiger partial charge in [0.05, 0.1) is 6.04 Å². The zero-order valence-electron chi connectivity index (χ0n) is 13.8. The van der Waals surface area contributed by atoms with Crippen LogP contribution in [0.5, 0.6) is 5.88 Å². The highest BCUT2D eigenvalue weighted by Crippen LogP contribution is 2.20. The van der Waals surface area contributed by atoms with Crippen LogP contribution in [0.4, 0.5) is 13.2 Å². The maximum Gasteiger partial charge on any atom is 0.422 e. The van der Waals surface area contributed by atoms with Crippen molar-refractivity contribution in [2.45, 2.75) is 31.6 Å². The molecular formula is C15H22Cl2F3N3O3. The summed E-state index contributed by atoms with van der Waals surface area (Å²) in [5.41, 5.74) is 6.30.